The van der Waals surface area contributed by atoms with Crippen LogP contribution >= 0.6 is 0 Å². The number of benzene rings is 1. The normalized spacial score (nSPS) is 20.0. The molecule has 2 aliphatic rings. The third-order valence-electron chi connectivity index (χ3n) is 5.96. The zero-order valence-electron chi connectivity index (χ0n) is 16.3. The summed E-state index contributed by atoms with van der Waals surface area (Å²) in [5.74, 6) is 1.81. The molecule has 146 valence electrons. The Kier molecular flexibility index (Phi) is 5.99. The van der Waals surface area contributed by atoms with Gasteiger partial charge in [0.05, 0.1) is 20.2 Å². The Hall–Kier alpha value is -1.99. The smallest absolute Gasteiger partial charge is 0.165 e. The third kappa shape index (κ3) is 4.65. The Morgan fingerprint density at radius 3 is 2.41 bits per heavy atom. The van der Waals surface area contributed by atoms with Gasteiger partial charge in [-0.1, -0.05) is 31.4 Å². The largest absolute Gasteiger partial charge is 0.497 e. The lowest BCUT2D eigenvalue weighted by Gasteiger charge is -2.40. The average Bonchev–Trinajstić information content (AvgIpc) is 3.16. The number of aromatic nitrogens is 4. The molecule has 2 fully saturated rings. The first-order valence-electron chi connectivity index (χ1n) is 10.2. The fourth-order valence-electron chi connectivity index (χ4n) is 4.30. The van der Waals surface area contributed by atoms with Crippen molar-refractivity contribution in [1.82, 2.24) is 30.0 Å². The van der Waals surface area contributed by atoms with Crippen molar-refractivity contribution in [3.05, 3.63) is 35.7 Å². The summed E-state index contributed by atoms with van der Waals surface area (Å²) in [6, 6.07) is 8.90. The van der Waals surface area contributed by atoms with Gasteiger partial charge in [-0.2, -0.15) is 0 Å². The van der Waals surface area contributed by atoms with Crippen LogP contribution in [0.25, 0.3) is 0 Å². The zero-order valence-corrected chi connectivity index (χ0v) is 16.3. The van der Waals surface area contributed by atoms with Crippen LogP contribution in [0.2, 0.25) is 0 Å². The number of rotatable bonds is 6. The minimum Gasteiger partial charge on any atom is -0.497 e. The molecule has 1 saturated carbocycles. The molecule has 1 aliphatic heterocycles. The maximum atomic E-state index is 5.22. The van der Waals surface area contributed by atoms with Gasteiger partial charge in [0.2, 0.25) is 0 Å². The van der Waals surface area contributed by atoms with Crippen molar-refractivity contribution in [2.24, 2.45) is 0 Å². The molecule has 2 aromatic rings. The standard InChI is InChI=1S/C20H30N6O/c1-27-19-9-7-17(8-10-19)15-26-20(21-22-23-26)16-24-11-13-25(14-12-24)18-5-3-2-4-6-18/h7-10,18H,2-6,11-16H2,1H3. The highest BCUT2D eigenvalue weighted by Crippen LogP contribution is 2.23. The maximum absolute atomic E-state index is 5.22. The summed E-state index contributed by atoms with van der Waals surface area (Å²) >= 11 is 0. The molecule has 0 N–H and O–H groups in total. The molecule has 4 rings (SSSR count). The molecule has 0 amide bonds. The van der Waals surface area contributed by atoms with E-state index in [0.717, 1.165) is 37.3 Å². The topological polar surface area (TPSA) is 59.3 Å². The van der Waals surface area contributed by atoms with E-state index in [9.17, 15) is 0 Å². The summed E-state index contributed by atoms with van der Waals surface area (Å²) < 4.78 is 7.14. The van der Waals surface area contributed by atoms with Gasteiger partial charge < -0.3 is 4.74 Å². The number of tetrazole rings is 1. The lowest BCUT2D eigenvalue weighted by Crippen LogP contribution is -2.50. The number of piperazine rings is 1. The van der Waals surface area contributed by atoms with Crippen LogP contribution in [-0.4, -0.2) is 69.3 Å². The first-order chi connectivity index (χ1) is 13.3. The molecule has 1 aromatic carbocycles. The maximum Gasteiger partial charge on any atom is 0.165 e. The summed E-state index contributed by atoms with van der Waals surface area (Å²) in [7, 11) is 1.68. The molecular weight excluding hydrogens is 340 g/mol. The van der Waals surface area contributed by atoms with E-state index in [1.807, 2.05) is 16.8 Å². The Bertz CT molecular complexity index is 702. The Morgan fingerprint density at radius 2 is 1.70 bits per heavy atom. The molecule has 7 nitrogen and oxygen atoms in total. The van der Waals surface area contributed by atoms with Crippen LogP contribution in [0.5, 0.6) is 5.75 Å². The molecule has 1 saturated heterocycles. The molecule has 0 unspecified atom stereocenters. The summed E-state index contributed by atoms with van der Waals surface area (Å²) in [6.45, 7) is 6.06. The van der Waals surface area contributed by atoms with E-state index in [1.165, 1.54) is 50.8 Å². The number of hydrogen-bond acceptors (Lipinski definition) is 6. The van der Waals surface area contributed by atoms with E-state index < -0.39 is 0 Å². The van der Waals surface area contributed by atoms with Crippen molar-refractivity contribution in [3.8, 4) is 5.75 Å². The quantitative estimate of drug-likeness (QED) is 0.777. The molecular formula is C20H30N6O. The van der Waals surface area contributed by atoms with Gasteiger partial charge in [-0.05, 0) is 41.0 Å². The van der Waals surface area contributed by atoms with Gasteiger partial charge in [-0.25, -0.2) is 4.68 Å². The van der Waals surface area contributed by atoms with Crippen LogP contribution in [0.4, 0.5) is 0 Å². The van der Waals surface area contributed by atoms with Crippen LogP contribution in [0.15, 0.2) is 24.3 Å². The van der Waals surface area contributed by atoms with Crippen LogP contribution in [-0.2, 0) is 13.1 Å². The van der Waals surface area contributed by atoms with Crippen molar-refractivity contribution in [1.29, 1.82) is 0 Å². The molecule has 1 aliphatic carbocycles. The van der Waals surface area contributed by atoms with Gasteiger partial charge in [0, 0.05) is 32.2 Å². The first kappa shape index (κ1) is 18.4. The Labute approximate surface area is 161 Å². The predicted molar refractivity (Wildman–Crippen MR) is 104 cm³/mol. The highest BCUT2D eigenvalue weighted by Gasteiger charge is 2.25. The van der Waals surface area contributed by atoms with Gasteiger partial charge >= 0.3 is 0 Å². The molecule has 0 atom stereocenters. The highest BCUT2D eigenvalue weighted by atomic mass is 16.5. The van der Waals surface area contributed by atoms with Gasteiger partial charge in [-0.15, -0.1) is 5.10 Å². The van der Waals surface area contributed by atoms with Crippen molar-refractivity contribution in [2.75, 3.05) is 33.3 Å². The molecule has 0 bridgehead atoms. The van der Waals surface area contributed by atoms with Gasteiger partial charge in [0.15, 0.2) is 5.82 Å². The van der Waals surface area contributed by atoms with Crippen LogP contribution < -0.4 is 4.74 Å². The number of nitrogens with zero attached hydrogens (tertiary/aromatic N) is 6. The van der Waals surface area contributed by atoms with E-state index in [-0.39, 0.29) is 0 Å². The highest BCUT2D eigenvalue weighted by molar-refractivity contribution is 5.27. The van der Waals surface area contributed by atoms with E-state index >= 15 is 0 Å². The lowest BCUT2D eigenvalue weighted by molar-refractivity contribution is 0.0736. The molecule has 0 radical (unpaired) electrons. The number of methoxy groups -OCH3 is 1. The summed E-state index contributed by atoms with van der Waals surface area (Å²) in [6.07, 6.45) is 7.02. The number of hydrogen-bond donors (Lipinski definition) is 0. The monoisotopic (exact) mass is 370 g/mol. The summed E-state index contributed by atoms with van der Waals surface area (Å²) in [5.41, 5.74) is 1.17. The second-order valence-corrected chi connectivity index (χ2v) is 7.70. The molecule has 27 heavy (non-hydrogen) atoms. The van der Waals surface area contributed by atoms with E-state index in [4.69, 9.17) is 4.74 Å². The lowest BCUT2D eigenvalue weighted by atomic mass is 9.94. The van der Waals surface area contributed by atoms with Crippen LogP contribution in [0, 0.1) is 0 Å². The molecule has 7 heteroatoms. The zero-order chi connectivity index (χ0) is 18.5. The first-order valence-corrected chi connectivity index (χ1v) is 10.2. The minimum atomic E-state index is 0.689. The summed E-state index contributed by atoms with van der Waals surface area (Å²) in [5, 5.41) is 12.4. The second kappa shape index (κ2) is 8.80. The molecule has 0 spiro atoms. The van der Waals surface area contributed by atoms with Gasteiger partial charge in [0.25, 0.3) is 0 Å². The Balaban J connectivity index is 1.31. The van der Waals surface area contributed by atoms with E-state index in [0.29, 0.717) is 6.54 Å². The van der Waals surface area contributed by atoms with Crippen molar-refractivity contribution in [2.45, 2.75) is 51.2 Å². The SMILES string of the molecule is COc1ccc(Cn2nnnc2CN2CCN(C3CCCCC3)CC2)cc1. The van der Waals surface area contributed by atoms with Crippen molar-refractivity contribution < 1.29 is 4.74 Å². The Morgan fingerprint density at radius 1 is 0.963 bits per heavy atom. The third-order valence-corrected chi connectivity index (χ3v) is 5.96. The average molecular weight is 371 g/mol. The second-order valence-electron chi connectivity index (χ2n) is 7.70. The fourth-order valence-corrected chi connectivity index (χ4v) is 4.30. The fraction of sp³-hybridized carbons (Fsp3) is 0.650. The van der Waals surface area contributed by atoms with Crippen LogP contribution in [0.3, 0.4) is 0 Å². The molecule has 1 aromatic heterocycles. The van der Waals surface area contributed by atoms with Crippen molar-refractivity contribution in [3.63, 3.8) is 0 Å². The van der Waals surface area contributed by atoms with Crippen LogP contribution in [0.1, 0.15) is 43.5 Å². The van der Waals surface area contributed by atoms with Gasteiger partial charge in [0.1, 0.15) is 5.75 Å². The predicted octanol–water partition coefficient (Wildman–Crippen LogP) is 2.18. The van der Waals surface area contributed by atoms with Gasteiger partial charge in [-0.3, -0.25) is 9.80 Å². The minimum absolute atomic E-state index is 0.689. The van der Waals surface area contributed by atoms with Crippen molar-refractivity contribution >= 4 is 0 Å². The van der Waals surface area contributed by atoms with E-state index in [2.05, 4.69) is 37.5 Å². The summed E-state index contributed by atoms with van der Waals surface area (Å²) in [4.78, 5) is 5.19. The number of ether oxygens (including phenoxy) is 1. The van der Waals surface area contributed by atoms with E-state index in [1.54, 1.807) is 7.11 Å². The molecule has 2 heterocycles.